The van der Waals surface area contributed by atoms with Crippen LogP contribution >= 0.6 is 0 Å². The Balaban J connectivity index is 2.13. The number of esters is 1. The predicted molar refractivity (Wildman–Crippen MR) is 78.3 cm³/mol. The third kappa shape index (κ3) is 2.07. The first-order valence-corrected chi connectivity index (χ1v) is 6.39. The van der Waals surface area contributed by atoms with Crippen LogP contribution in [0.15, 0.2) is 54.6 Å². The van der Waals surface area contributed by atoms with Gasteiger partial charge in [-0.15, -0.1) is 0 Å². The summed E-state index contributed by atoms with van der Waals surface area (Å²) in [4.78, 5) is 11.8. The molecule has 20 heavy (non-hydrogen) atoms. The van der Waals surface area contributed by atoms with E-state index in [9.17, 15) is 4.79 Å². The molecule has 2 aromatic rings. The Kier molecular flexibility index (Phi) is 3.03. The Hall–Kier alpha value is -2.55. The van der Waals surface area contributed by atoms with Gasteiger partial charge in [-0.25, -0.2) is 4.79 Å². The summed E-state index contributed by atoms with van der Waals surface area (Å²) < 4.78 is 11.0. The van der Waals surface area contributed by atoms with E-state index in [1.165, 1.54) is 0 Å². The Morgan fingerprint density at radius 1 is 1.25 bits per heavy atom. The lowest BCUT2D eigenvalue weighted by Crippen LogP contribution is -2.11. The number of carbonyl (C=O) groups is 1. The van der Waals surface area contributed by atoms with Gasteiger partial charge in [-0.3, -0.25) is 0 Å². The van der Waals surface area contributed by atoms with Crippen molar-refractivity contribution in [2.24, 2.45) is 0 Å². The molecule has 0 saturated carbocycles. The van der Waals surface area contributed by atoms with Gasteiger partial charge in [-0.05, 0) is 29.8 Å². The topological polar surface area (TPSA) is 35.5 Å². The number of benzene rings is 2. The zero-order chi connectivity index (χ0) is 14.1. The van der Waals surface area contributed by atoms with E-state index in [-0.39, 0.29) is 0 Å². The molecule has 0 saturated heterocycles. The normalized spacial score (nSPS) is 13.2. The van der Waals surface area contributed by atoms with Gasteiger partial charge in [0, 0.05) is 5.57 Å². The van der Waals surface area contributed by atoms with Crippen LogP contribution in [0.2, 0.25) is 0 Å². The highest BCUT2D eigenvalue weighted by molar-refractivity contribution is 5.99. The monoisotopic (exact) mass is 266 g/mol. The van der Waals surface area contributed by atoms with Crippen LogP contribution in [0.25, 0.3) is 16.5 Å². The van der Waals surface area contributed by atoms with E-state index in [0.29, 0.717) is 17.9 Å². The van der Waals surface area contributed by atoms with E-state index in [1.807, 2.05) is 36.4 Å². The minimum atomic E-state index is -0.419. The maximum absolute atomic E-state index is 11.8. The lowest BCUT2D eigenvalue weighted by Gasteiger charge is -2.20. The van der Waals surface area contributed by atoms with Crippen LogP contribution < -0.4 is 4.74 Å². The Labute approximate surface area is 117 Å². The quantitative estimate of drug-likeness (QED) is 0.614. The SMILES string of the molecule is C=C(C)C(=O)OC1=CCOc2ccc3ccccc3c21. The molecule has 0 amide bonds. The van der Waals surface area contributed by atoms with Crippen molar-refractivity contribution in [2.75, 3.05) is 6.61 Å². The predicted octanol–water partition coefficient (Wildman–Crippen LogP) is 3.69. The molecule has 0 fully saturated rings. The second-order valence-electron chi connectivity index (χ2n) is 4.71. The van der Waals surface area contributed by atoms with Gasteiger partial charge >= 0.3 is 5.97 Å². The van der Waals surface area contributed by atoms with Gasteiger partial charge in [0.15, 0.2) is 0 Å². The Morgan fingerprint density at radius 3 is 2.85 bits per heavy atom. The molecule has 1 heterocycles. The Bertz CT molecular complexity index is 741. The maximum Gasteiger partial charge on any atom is 0.338 e. The lowest BCUT2D eigenvalue weighted by atomic mass is 10.0. The maximum atomic E-state index is 11.8. The van der Waals surface area contributed by atoms with Gasteiger partial charge in [0.25, 0.3) is 0 Å². The molecule has 0 unspecified atom stereocenters. The molecule has 1 aliphatic rings. The van der Waals surface area contributed by atoms with E-state index in [1.54, 1.807) is 13.0 Å². The molecule has 0 spiro atoms. The standard InChI is InChI=1S/C17H14O3/c1-11(2)17(18)20-15-9-10-19-14-8-7-12-5-3-4-6-13(12)16(14)15/h3-9H,1,10H2,2H3. The number of ether oxygens (including phenoxy) is 2. The zero-order valence-electron chi connectivity index (χ0n) is 11.2. The molecule has 3 rings (SSSR count). The van der Waals surface area contributed by atoms with Crippen molar-refractivity contribution in [3.05, 3.63) is 60.2 Å². The van der Waals surface area contributed by atoms with Gasteiger partial charge < -0.3 is 9.47 Å². The summed E-state index contributed by atoms with van der Waals surface area (Å²) in [6.07, 6.45) is 1.77. The molecule has 3 heteroatoms. The van der Waals surface area contributed by atoms with Crippen molar-refractivity contribution >= 4 is 22.5 Å². The third-order valence-electron chi connectivity index (χ3n) is 3.20. The number of hydrogen-bond donors (Lipinski definition) is 0. The molecule has 0 N–H and O–H groups in total. The molecule has 0 bridgehead atoms. The van der Waals surface area contributed by atoms with E-state index >= 15 is 0 Å². The lowest BCUT2D eigenvalue weighted by molar-refractivity contribution is -0.132. The summed E-state index contributed by atoms with van der Waals surface area (Å²) in [6.45, 7) is 5.63. The van der Waals surface area contributed by atoms with Crippen molar-refractivity contribution < 1.29 is 14.3 Å². The molecule has 0 atom stereocenters. The minimum absolute atomic E-state index is 0.374. The minimum Gasteiger partial charge on any atom is -0.489 e. The first-order valence-electron chi connectivity index (χ1n) is 6.39. The van der Waals surface area contributed by atoms with Crippen LogP contribution in [0, 0.1) is 0 Å². The van der Waals surface area contributed by atoms with Crippen LogP contribution in [0.5, 0.6) is 5.75 Å². The molecular formula is C17H14O3. The van der Waals surface area contributed by atoms with Crippen molar-refractivity contribution in [2.45, 2.75) is 6.92 Å². The average molecular weight is 266 g/mol. The van der Waals surface area contributed by atoms with Gasteiger partial charge in [0.1, 0.15) is 18.1 Å². The first-order chi connectivity index (χ1) is 9.66. The summed E-state index contributed by atoms with van der Waals surface area (Å²) in [7, 11) is 0. The zero-order valence-corrected chi connectivity index (χ0v) is 11.2. The molecule has 0 aromatic heterocycles. The second kappa shape index (κ2) is 4.85. The molecule has 0 radical (unpaired) electrons. The van der Waals surface area contributed by atoms with E-state index in [2.05, 4.69) is 6.58 Å². The second-order valence-corrected chi connectivity index (χ2v) is 4.71. The average Bonchev–Trinajstić information content (AvgIpc) is 2.47. The Morgan fingerprint density at radius 2 is 2.05 bits per heavy atom. The van der Waals surface area contributed by atoms with E-state index in [4.69, 9.17) is 9.47 Å². The van der Waals surface area contributed by atoms with Gasteiger partial charge in [0.05, 0.1) is 5.56 Å². The smallest absolute Gasteiger partial charge is 0.338 e. The summed E-state index contributed by atoms with van der Waals surface area (Å²) in [5, 5.41) is 2.08. The number of carbonyl (C=O) groups excluding carboxylic acids is 1. The van der Waals surface area contributed by atoms with Crippen molar-refractivity contribution in [3.63, 3.8) is 0 Å². The molecule has 0 aliphatic carbocycles. The van der Waals surface area contributed by atoms with Crippen LogP contribution in [0.4, 0.5) is 0 Å². The summed E-state index contributed by atoms with van der Waals surface area (Å²) in [5.74, 6) is 0.851. The van der Waals surface area contributed by atoms with Crippen LogP contribution in [-0.2, 0) is 9.53 Å². The fourth-order valence-corrected chi connectivity index (χ4v) is 2.21. The van der Waals surface area contributed by atoms with Gasteiger partial charge in [0.2, 0.25) is 0 Å². The number of fused-ring (bicyclic) bond motifs is 3. The van der Waals surface area contributed by atoms with E-state index in [0.717, 1.165) is 22.1 Å². The first kappa shape index (κ1) is 12.5. The van der Waals surface area contributed by atoms with Crippen molar-refractivity contribution in [3.8, 4) is 5.75 Å². The van der Waals surface area contributed by atoms with Crippen LogP contribution in [0.3, 0.4) is 0 Å². The molecule has 2 aromatic carbocycles. The highest BCUT2D eigenvalue weighted by atomic mass is 16.5. The van der Waals surface area contributed by atoms with Crippen LogP contribution in [-0.4, -0.2) is 12.6 Å². The molecule has 100 valence electrons. The van der Waals surface area contributed by atoms with Gasteiger partial charge in [-0.2, -0.15) is 0 Å². The summed E-state index contributed by atoms with van der Waals surface area (Å²) >= 11 is 0. The number of hydrogen-bond acceptors (Lipinski definition) is 3. The third-order valence-corrected chi connectivity index (χ3v) is 3.20. The van der Waals surface area contributed by atoms with Gasteiger partial charge in [-0.1, -0.05) is 36.9 Å². The van der Waals surface area contributed by atoms with Crippen molar-refractivity contribution in [1.82, 2.24) is 0 Å². The largest absolute Gasteiger partial charge is 0.489 e. The molecule has 1 aliphatic heterocycles. The van der Waals surface area contributed by atoms with E-state index < -0.39 is 5.97 Å². The summed E-state index contributed by atoms with van der Waals surface area (Å²) in [6, 6.07) is 11.8. The highest BCUT2D eigenvalue weighted by Crippen LogP contribution is 2.36. The highest BCUT2D eigenvalue weighted by Gasteiger charge is 2.20. The molecular weight excluding hydrogens is 252 g/mol. The van der Waals surface area contributed by atoms with Crippen molar-refractivity contribution in [1.29, 1.82) is 0 Å². The van der Waals surface area contributed by atoms with Crippen LogP contribution in [0.1, 0.15) is 12.5 Å². The fraction of sp³-hybridized carbons (Fsp3) is 0.118. The molecule has 3 nitrogen and oxygen atoms in total. The number of rotatable bonds is 2. The fourth-order valence-electron chi connectivity index (χ4n) is 2.21. The summed E-state index contributed by atoms with van der Waals surface area (Å²) in [5.41, 5.74) is 1.20.